The van der Waals surface area contributed by atoms with Crippen LogP contribution in [0, 0.1) is 6.92 Å². The minimum atomic E-state index is -0.560. The van der Waals surface area contributed by atoms with Crippen molar-refractivity contribution in [1.82, 2.24) is 20.2 Å². The number of amides is 1. The first-order valence-electron chi connectivity index (χ1n) is 8.93. The lowest BCUT2D eigenvalue weighted by Gasteiger charge is -2.37. The summed E-state index contributed by atoms with van der Waals surface area (Å²) in [6.45, 7) is 3.51. The van der Waals surface area contributed by atoms with Gasteiger partial charge in [0.05, 0.1) is 12.2 Å². The second-order valence-electron chi connectivity index (χ2n) is 7.09. The Hall–Kier alpha value is -2.26. The zero-order valence-corrected chi connectivity index (χ0v) is 15.0. The maximum absolute atomic E-state index is 12.2. The fraction of sp³-hybridized carbons (Fsp3) is 0.647. The fourth-order valence-corrected chi connectivity index (χ4v) is 3.31. The molecular formula is C17H23N5O4. The highest BCUT2D eigenvalue weighted by Crippen LogP contribution is 2.41. The van der Waals surface area contributed by atoms with Crippen LogP contribution >= 0.6 is 0 Å². The number of carbonyl (C=O) groups excluding carboxylic acids is 1. The maximum atomic E-state index is 12.2. The van der Waals surface area contributed by atoms with Gasteiger partial charge in [0.1, 0.15) is 5.60 Å². The Balaban J connectivity index is 1.33. The fourth-order valence-electron chi connectivity index (χ4n) is 3.31. The van der Waals surface area contributed by atoms with Gasteiger partial charge in [-0.2, -0.15) is 4.98 Å². The average molecular weight is 361 g/mol. The number of likely N-dealkylation sites (tertiary alicyclic amines) is 1. The molecule has 1 saturated heterocycles. The molecule has 0 spiro atoms. The monoisotopic (exact) mass is 361 g/mol. The van der Waals surface area contributed by atoms with Crippen molar-refractivity contribution >= 4 is 11.8 Å². The molecule has 9 nitrogen and oxygen atoms in total. The standard InChI is InChI=1S/C17H23N5O4/c1-11-9-14(25-20-11)18-13(23)10-22-7-5-17(24-2,6-8-22)16-19-15(21-26-16)12-3-4-12/h9,12H,3-8,10H2,1-2H3,(H,18,23). The number of anilines is 1. The van der Waals surface area contributed by atoms with E-state index < -0.39 is 5.60 Å². The predicted molar refractivity (Wildman–Crippen MR) is 90.5 cm³/mol. The number of aryl methyl sites for hydroxylation is 1. The third-order valence-electron chi connectivity index (χ3n) is 5.09. The molecule has 1 aliphatic carbocycles. The van der Waals surface area contributed by atoms with Crippen LogP contribution in [0.4, 0.5) is 5.88 Å². The molecule has 0 unspecified atom stereocenters. The maximum Gasteiger partial charge on any atom is 0.258 e. The SMILES string of the molecule is COC1(c2nc(C3CC3)no2)CCN(CC(=O)Nc2cc(C)no2)CC1. The Kier molecular flexibility index (Phi) is 4.49. The van der Waals surface area contributed by atoms with E-state index in [0.717, 1.165) is 24.4 Å². The molecular weight excluding hydrogens is 338 g/mol. The summed E-state index contributed by atoms with van der Waals surface area (Å²) in [5.41, 5.74) is 0.170. The molecule has 0 bridgehead atoms. The van der Waals surface area contributed by atoms with E-state index in [1.165, 1.54) is 0 Å². The molecule has 140 valence electrons. The molecule has 1 saturated carbocycles. The number of methoxy groups -OCH3 is 1. The number of ether oxygens (including phenoxy) is 1. The van der Waals surface area contributed by atoms with Gasteiger partial charge >= 0.3 is 0 Å². The molecule has 2 aliphatic rings. The smallest absolute Gasteiger partial charge is 0.258 e. The van der Waals surface area contributed by atoms with E-state index in [0.29, 0.717) is 43.6 Å². The largest absolute Gasteiger partial charge is 0.368 e. The van der Waals surface area contributed by atoms with Gasteiger partial charge in [0.25, 0.3) is 5.89 Å². The van der Waals surface area contributed by atoms with Crippen LogP contribution in [0.3, 0.4) is 0 Å². The number of hydrogen-bond acceptors (Lipinski definition) is 8. The minimum Gasteiger partial charge on any atom is -0.368 e. The zero-order valence-electron chi connectivity index (χ0n) is 15.0. The minimum absolute atomic E-state index is 0.125. The Morgan fingerprint density at radius 2 is 2.12 bits per heavy atom. The van der Waals surface area contributed by atoms with Gasteiger partial charge in [-0.05, 0) is 32.6 Å². The average Bonchev–Trinajstić information content (AvgIpc) is 3.22. The molecule has 4 rings (SSSR count). The lowest BCUT2D eigenvalue weighted by Crippen LogP contribution is -2.46. The van der Waals surface area contributed by atoms with Gasteiger partial charge in [0.2, 0.25) is 11.8 Å². The van der Waals surface area contributed by atoms with Gasteiger partial charge in [-0.1, -0.05) is 10.3 Å². The van der Waals surface area contributed by atoms with E-state index in [-0.39, 0.29) is 12.5 Å². The van der Waals surface area contributed by atoms with E-state index >= 15 is 0 Å². The van der Waals surface area contributed by atoms with Gasteiger partial charge in [0, 0.05) is 32.2 Å². The summed E-state index contributed by atoms with van der Waals surface area (Å²) < 4.78 is 16.3. The highest BCUT2D eigenvalue weighted by molar-refractivity contribution is 5.90. The molecule has 1 aliphatic heterocycles. The Morgan fingerprint density at radius 3 is 2.73 bits per heavy atom. The molecule has 0 atom stereocenters. The summed E-state index contributed by atoms with van der Waals surface area (Å²) in [6.07, 6.45) is 3.66. The molecule has 0 aromatic carbocycles. The van der Waals surface area contributed by atoms with Gasteiger partial charge in [-0.25, -0.2) is 0 Å². The van der Waals surface area contributed by atoms with Crippen LogP contribution in [0.2, 0.25) is 0 Å². The van der Waals surface area contributed by atoms with Crippen LogP contribution in [-0.4, -0.2) is 52.8 Å². The van der Waals surface area contributed by atoms with Gasteiger partial charge < -0.3 is 13.8 Å². The lowest BCUT2D eigenvalue weighted by molar-refractivity contribution is -0.120. The normalized spacial score (nSPS) is 20.2. The molecule has 26 heavy (non-hydrogen) atoms. The molecule has 9 heteroatoms. The van der Waals surface area contributed by atoms with Crippen molar-refractivity contribution in [2.75, 3.05) is 32.1 Å². The van der Waals surface area contributed by atoms with Crippen molar-refractivity contribution < 1.29 is 18.6 Å². The van der Waals surface area contributed by atoms with Crippen LogP contribution in [-0.2, 0) is 15.1 Å². The Labute approximate surface area is 151 Å². The predicted octanol–water partition coefficient (Wildman–Crippen LogP) is 1.82. The summed E-state index contributed by atoms with van der Waals surface area (Å²) >= 11 is 0. The third kappa shape index (κ3) is 3.49. The first-order chi connectivity index (χ1) is 12.6. The van der Waals surface area contributed by atoms with Crippen LogP contribution in [0.1, 0.15) is 49.0 Å². The second kappa shape index (κ2) is 6.81. The number of rotatable bonds is 6. The van der Waals surface area contributed by atoms with E-state index in [1.54, 1.807) is 20.1 Å². The second-order valence-corrected chi connectivity index (χ2v) is 7.09. The van der Waals surface area contributed by atoms with Gasteiger partial charge in [-0.15, -0.1) is 0 Å². The summed E-state index contributed by atoms with van der Waals surface area (Å²) in [6, 6.07) is 1.69. The molecule has 1 N–H and O–H groups in total. The van der Waals surface area contributed by atoms with Crippen molar-refractivity contribution in [2.24, 2.45) is 0 Å². The Bertz CT molecular complexity index is 774. The number of aromatic nitrogens is 3. The first kappa shape index (κ1) is 17.2. The molecule has 2 fully saturated rings. The van der Waals surface area contributed by atoms with Crippen LogP contribution < -0.4 is 5.32 Å². The van der Waals surface area contributed by atoms with Crippen LogP contribution in [0.25, 0.3) is 0 Å². The van der Waals surface area contributed by atoms with E-state index in [2.05, 4.69) is 25.5 Å². The summed E-state index contributed by atoms with van der Waals surface area (Å²) in [4.78, 5) is 18.8. The quantitative estimate of drug-likeness (QED) is 0.830. The van der Waals surface area contributed by atoms with Crippen LogP contribution in [0.5, 0.6) is 0 Å². The summed E-state index contributed by atoms with van der Waals surface area (Å²) in [7, 11) is 1.68. The van der Waals surface area contributed by atoms with Crippen molar-refractivity contribution in [3.05, 3.63) is 23.5 Å². The highest BCUT2D eigenvalue weighted by Gasteiger charge is 2.42. The third-order valence-corrected chi connectivity index (χ3v) is 5.09. The van der Waals surface area contributed by atoms with Crippen molar-refractivity contribution in [3.63, 3.8) is 0 Å². The van der Waals surface area contributed by atoms with E-state index in [9.17, 15) is 4.79 Å². The van der Waals surface area contributed by atoms with E-state index in [1.807, 2.05) is 0 Å². The molecule has 0 radical (unpaired) electrons. The summed E-state index contributed by atoms with van der Waals surface area (Å²) in [5.74, 6) is 2.04. The van der Waals surface area contributed by atoms with Crippen molar-refractivity contribution in [2.45, 2.75) is 44.1 Å². The highest BCUT2D eigenvalue weighted by atomic mass is 16.5. The Morgan fingerprint density at radius 1 is 1.35 bits per heavy atom. The summed E-state index contributed by atoms with van der Waals surface area (Å²) in [5, 5.41) is 10.6. The van der Waals surface area contributed by atoms with E-state index in [4.69, 9.17) is 13.8 Å². The molecule has 3 heterocycles. The molecule has 2 aromatic rings. The van der Waals surface area contributed by atoms with Gasteiger partial charge in [0.15, 0.2) is 5.82 Å². The molecule has 1 amide bonds. The topological polar surface area (TPSA) is 107 Å². The number of nitrogens with zero attached hydrogens (tertiary/aromatic N) is 4. The lowest BCUT2D eigenvalue weighted by atomic mass is 9.91. The van der Waals surface area contributed by atoms with Crippen LogP contribution in [0.15, 0.2) is 15.1 Å². The van der Waals surface area contributed by atoms with Gasteiger partial charge in [-0.3, -0.25) is 15.0 Å². The molecule has 2 aromatic heterocycles. The first-order valence-corrected chi connectivity index (χ1v) is 8.93. The van der Waals surface area contributed by atoms with Crippen molar-refractivity contribution in [1.29, 1.82) is 0 Å². The number of hydrogen-bond donors (Lipinski definition) is 1. The number of piperidine rings is 1. The zero-order chi connectivity index (χ0) is 18.1. The number of carbonyl (C=O) groups is 1. The number of nitrogens with one attached hydrogen (secondary N) is 1. The van der Waals surface area contributed by atoms with Crippen molar-refractivity contribution in [3.8, 4) is 0 Å².